The summed E-state index contributed by atoms with van der Waals surface area (Å²) in [6.45, 7) is 4.58. The summed E-state index contributed by atoms with van der Waals surface area (Å²) in [5, 5.41) is 3.89. The SMILES string of the molecule is COCCN(CCOC)c1cc(Cl)c2c(c1)S(OC(=O)C(F)(F)F)=c1cc(N3CCNCC3)cc(Cl)c1=N2. The van der Waals surface area contributed by atoms with Gasteiger partial charge in [-0.2, -0.15) is 13.2 Å². The molecule has 0 aliphatic carbocycles. The van der Waals surface area contributed by atoms with Crippen molar-refractivity contribution < 1.29 is 31.6 Å². The number of hydrogen-bond donors (Lipinski definition) is 1. The minimum atomic E-state index is -5.19. The molecular weight excluding hydrogens is 568 g/mol. The van der Waals surface area contributed by atoms with E-state index >= 15 is 0 Å². The van der Waals surface area contributed by atoms with Gasteiger partial charge in [0.1, 0.15) is 0 Å². The Balaban J connectivity index is 1.93. The van der Waals surface area contributed by atoms with Crippen molar-refractivity contribution in [2.45, 2.75) is 11.1 Å². The van der Waals surface area contributed by atoms with Crippen molar-refractivity contribution in [2.75, 3.05) is 76.5 Å². The van der Waals surface area contributed by atoms with E-state index in [4.69, 9.17) is 36.9 Å². The van der Waals surface area contributed by atoms with Crippen LogP contribution in [0, 0.1) is 4.51 Å². The molecule has 2 aromatic carbocycles. The van der Waals surface area contributed by atoms with Gasteiger partial charge in [-0.3, -0.25) is 0 Å². The minimum Gasteiger partial charge on any atom is -0.388 e. The number of nitrogens with zero attached hydrogens (tertiary/aromatic N) is 3. The summed E-state index contributed by atoms with van der Waals surface area (Å²) in [5.74, 6) is -2.31. The number of carbonyl (C=O) groups excluding carboxylic acids is 1. The Bertz CT molecular complexity index is 1320. The summed E-state index contributed by atoms with van der Waals surface area (Å²) in [6, 6.07) is 6.72. The zero-order chi connectivity index (χ0) is 27.4. The van der Waals surface area contributed by atoms with Crippen molar-refractivity contribution in [3.05, 3.63) is 44.2 Å². The standard InChI is InChI=1S/C24H27Cl2F3N4O4S/c1-35-9-7-33(8-10-36-2)16-12-18(26)22-20(14-16)38(37-23(34)24(27,28)29)19-13-15(11-17(25)21(19)31-22)32-5-3-30-4-6-32/h11-14,30H,3-10H2,1-2H3. The molecule has 2 aromatic rings. The summed E-state index contributed by atoms with van der Waals surface area (Å²) < 4.78 is 56.0. The number of rotatable bonds is 9. The fourth-order valence-corrected chi connectivity index (χ4v) is 6.53. The van der Waals surface area contributed by atoms with E-state index in [1.807, 2.05) is 4.90 Å². The summed E-state index contributed by atoms with van der Waals surface area (Å²) in [6.07, 6.45) is -5.19. The summed E-state index contributed by atoms with van der Waals surface area (Å²) >= 11 is 13.2. The van der Waals surface area contributed by atoms with Crippen molar-refractivity contribution in [2.24, 2.45) is 4.99 Å². The van der Waals surface area contributed by atoms with Crippen LogP contribution in [0.3, 0.4) is 0 Å². The number of halogens is 5. The smallest absolute Gasteiger partial charge is 0.388 e. The first-order chi connectivity index (χ1) is 18.1. The van der Waals surface area contributed by atoms with Crippen LogP contribution in [0.15, 0.2) is 34.2 Å². The highest BCUT2D eigenvalue weighted by atomic mass is 35.5. The van der Waals surface area contributed by atoms with Gasteiger partial charge in [0.25, 0.3) is 0 Å². The maximum absolute atomic E-state index is 13.4. The third-order valence-corrected chi connectivity index (χ3v) is 8.33. The topological polar surface area (TPSA) is 75.6 Å². The molecule has 2 aliphatic rings. The van der Waals surface area contributed by atoms with Crippen molar-refractivity contribution in [1.82, 2.24) is 5.32 Å². The maximum atomic E-state index is 13.4. The largest absolute Gasteiger partial charge is 0.492 e. The molecule has 1 atom stereocenters. The Labute approximate surface area is 230 Å². The number of ether oxygens (including phenoxy) is 2. The van der Waals surface area contributed by atoms with Crippen LogP contribution in [0.1, 0.15) is 0 Å². The average Bonchev–Trinajstić information content (AvgIpc) is 2.89. The zero-order valence-electron chi connectivity index (χ0n) is 20.7. The first-order valence-electron chi connectivity index (χ1n) is 11.7. The second-order valence-electron chi connectivity index (χ2n) is 8.51. The van der Waals surface area contributed by atoms with Crippen LogP contribution in [0.5, 0.6) is 0 Å². The molecule has 1 fully saturated rings. The number of anilines is 2. The summed E-state index contributed by atoms with van der Waals surface area (Å²) in [4.78, 5) is 21.0. The predicted molar refractivity (Wildman–Crippen MR) is 142 cm³/mol. The molecule has 2 aliphatic heterocycles. The molecule has 1 saturated heterocycles. The van der Waals surface area contributed by atoms with E-state index in [2.05, 4.69) is 15.2 Å². The molecule has 38 heavy (non-hydrogen) atoms. The van der Waals surface area contributed by atoms with Gasteiger partial charge in [0.2, 0.25) is 0 Å². The average molecular weight is 595 g/mol. The van der Waals surface area contributed by atoms with Gasteiger partial charge in [-0.05, 0) is 24.3 Å². The van der Waals surface area contributed by atoms with Gasteiger partial charge in [0.15, 0.2) is 0 Å². The van der Waals surface area contributed by atoms with Gasteiger partial charge in [0.05, 0.1) is 43.7 Å². The molecular formula is C24H27Cl2F3N4O4S. The number of piperazine rings is 1. The molecule has 0 amide bonds. The Morgan fingerprint density at radius 1 is 1.08 bits per heavy atom. The first-order valence-corrected chi connectivity index (χ1v) is 13.7. The van der Waals surface area contributed by atoms with Crippen molar-refractivity contribution in [1.29, 1.82) is 0 Å². The van der Waals surface area contributed by atoms with E-state index < -0.39 is 22.9 Å². The highest BCUT2D eigenvalue weighted by molar-refractivity contribution is 8.05. The highest BCUT2D eigenvalue weighted by Crippen LogP contribution is 2.47. The molecule has 0 aromatic heterocycles. The maximum Gasteiger partial charge on any atom is 0.492 e. The molecule has 1 unspecified atom stereocenters. The van der Waals surface area contributed by atoms with Crippen LogP contribution in [0.4, 0.5) is 30.2 Å². The Morgan fingerprint density at radius 3 is 2.34 bits per heavy atom. The molecule has 0 spiro atoms. The lowest BCUT2D eigenvalue weighted by atomic mass is 10.2. The van der Waals surface area contributed by atoms with Crippen LogP contribution in [-0.2, 0) is 18.5 Å². The summed E-state index contributed by atoms with van der Waals surface area (Å²) in [7, 11) is 1.33. The van der Waals surface area contributed by atoms with Crippen molar-refractivity contribution >= 4 is 57.0 Å². The monoisotopic (exact) mass is 594 g/mol. The van der Waals surface area contributed by atoms with E-state index in [1.54, 1.807) is 38.5 Å². The number of methoxy groups -OCH3 is 2. The first kappa shape index (κ1) is 28.9. The van der Waals surface area contributed by atoms with Gasteiger partial charge in [0, 0.05) is 75.6 Å². The van der Waals surface area contributed by atoms with E-state index in [0.717, 1.165) is 13.1 Å². The quantitative estimate of drug-likeness (QED) is 0.432. The number of hydrogen-bond acceptors (Lipinski definition) is 8. The van der Waals surface area contributed by atoms with Crippen LogP contribution in [0.25, 0.3) is 0 Å². The van der Waals surface area contributed by atoms with E-state index in [9.17, 15) is 18.0 Å². The molecule has 208 valence electrons. The van der Waals surface area contributed by atoms with Crippen LogP contribution < -0.4 is 20.5 Å². The van der Waals surface area contributed by atoms with Gasteiger partial charge >= 0.3 is 12.1 Å². The second-order valence-corrected chi connectivity index (χ2v) is 10.9. The van der Waals surface area contributed by atoms with Crippen molar-refractivity contribution in [3.63, 3.8) is 0 Å². The predicted octanol–water partition coefficient (Wildman–Crippen LogP) is 4.37. The van der Waals surface area contributed by atoms with Crippen molar-refractivity contribution in [3.8, 4) is 0 Å². The van der Waals surface area contributed by atoms with Crippen LogP contribution >= 0.6 is 34.0 Å². The highest BCUT2D eigenvalue weighted by Gasteiger charge is 2.42. The van der Waals surface area contributed by atoms with E-state index in [-0.39, 0.29) is 30.5 Å². The normalized spacial score (nSPS) is 16.9. The fraction of sp³-hybridized carbons (Fsp3) is 0.458. The third-order valence-electron chi connectivity index (χ3n) is 6.02. The molecule has 0 saturated carbocycles. The lowest BCUT2D eigenvalue weighted by Crippen LogP contribution is -2.43. The molecule has 0 bridgehead atoms. The third kappa shape index (κ3) is 6.37. The number of fused-ring (bicyclic) bond motifs is 2. The fourth-order valence-electron chi connectivity index (χ4n) is 4.12. The number of benzene rings is 2. The molecule has 4 rings (SSSR count). The Kier molecular flexibility index (Phi) is 9.43. The van der Waals surface area contributed by atoms with Gasteiger partial charge in [-0.15, -0.1) is 0 Å². The number of carbonyl (C=O) groups is 1. The lowest BCUT2D eigenvalue weighted by molar-refractivity contribution is -0.188. The zero-order valence-corrected chi connectivity index (χ0v) is 23.1. The molecule has 0 radical (unpaired) electrons. The lowest BCUT2D eigenvalue weighted by Gasteiger charge is -2.30. The number of nitrogens with one attached hydrogen (secondary N) is 1. The minimum absolute atomic E-state index is 0.186. The van der Waals surface area contributed by atoms with E-state index in [1.165, 1.54) is 0 Å². The Morgan fingerprint density at radius 2 is 1.74 bits per heavy atom. The second kappa shape index (κ2) is 12.4. The molecule has 1 N–H and O–H groups in total. The molecule has 14 heteroatoms. The molecule has 2 heterocycles. The van der Waals surface area contributed by atoms with E-state index in [0.29, 0.717) is 50.8 Å². The molecule has 8 nitrogen and oxygen atoms in total. The van der Waals surface area contributed by atoms with Gasteiger partial charge in [-0.25, -0.2) is 9.79 Å². The van der Waals surface area contributed by atoms with Crippen LogP contribution in [-0.4, -0.2) is 78.8 Å². The van der Waals surface area contributed by atoms with Gasteiger partial charge in [-0.1, -0.05) is 23.2 Å². The summed E-state index contributed by atoms with van der Waals surface area (Å²) in [5.41, 5.74) is 1.52. The number of alkyl halides is 3. The van der Waals surface area contributed by atoms with Gasteiger partial charge < -0.3 is 28.8 Å². The van der Waals surface area contributed by atoms with Crippen LogP contribution in [0.2, 0.25) is 10.0 Å². The Hall–Kier alpha value is -2.09.